The molecule has 1 heterocycles. The van der Waals surface area contributed by atoms with E-state index in [2.05, 4.69) is 64.6 Å². The molecule has 0 radical (unpaired) electrons. The lowest BCUT2D eigenvalue weighted by Crippen LogP contribution is -2.22. The molecule has 0 aliphatic rings. The zero-order valence-electron chi connectivity index (χ0n) is 12.0. The van der Waals surface area contributed by atoms with E-state index >= 15 is 0 Å². The number of benzene rings is 2. The molecule has 0 saturated carbocycles. The van der Waals surface area contributed by atoms with Gasteiger partial charge in [0.25, 0.3) is 0 Å². The minimum atomic E-state index is 0.272. The predicted octanol–water partition coefficient (Wildman–Crippen LogP) is 5.09. The van der Waals surface area contributed by atoms with Gasteiger partial charge in [-0.15, -0.1) is 0 Å². The van der Waals surface area contributed by atoms with Gasteiger partial charge in [-0.05, 0) is 53.2 Å². The highest BCUT2D eigenvalue weighted by molar-refractivity contribution is 9.10. The Bertz CT molecular complexity index is 721. The van der Waals surface area contributed by atoms with E-state index in [1.54, 1.807) is 6.26 Å². The number of hydrogen-bond acceptors (Lipinski definition) is 2. The quantitative estimate of drug-likeness (QED) is 0.698. The summed E-state index contributed by atoms with van der Waals surface area (Å²) in [6, 6.07) is 17.3. The maximum absolute atomic E-state index is 5.49. The van der Waals surface area contributed by atoms with Gasteiger partial charge in [0.2, 0.25) is 0 Å². The molecular weight excluding hydrogens is 326 g/mol. The number of hydrogen-bond donors (Lipinski definition) is 1. The Hall–Kier alpha value is -1.58. The fourth-order valence-corrected chi connectivity index (χ4v) is 3.01. The van der Waals surface area contributed by atoms with Crippen LogP contribution < -0.4 is 5.32 Å². The number of likely N-dealkylation sites (N-methyl/N-ethyl adjacent to an activating group) is 1. The molecule has 3 rings (SSSR count). The Kier molecular flexibility index (Phi) is 4.42. The Morgan fingerprint density at radius 1 is 1.10 bits per heavy atom. The number of nitrogens with one attached hydrogen (secondary N) is 1. The van der Waals surface area contributed by atoms with Crippen LogP contribution in [0.15, 0.2) is 63.7 Å². The van der Waals surface area contributed by atoms with Gasteiger partial charge in [-0.1, -0.05) is 41.1 Å². The molecule has 2 aromatic carbocycles. The summed E-state index contributed by atoms with van der Waals surface area (Å²) in [6.45, 7) is 3.07. The molecule has 0 aliphatic heterocycles. The molecule has 1 aromatic heterocycles. The number of fused-ring (bicyclic) bond motifs is 1. The smallest absolute Gasteiger partial charge is 0.105 e. The van der Waals surface area contributed by atoms with Crippen molar-refractivity contribution < 1.29 is 4.42 Å². The van der Waals surface area contributed by atoms with Gasteiger partial charge >= 0.3 is 0 Å². The third-order valence-corrected chi connectivity index (χ3v) is 4.16. The van der Waals surface area contributed by atoms with E-state index in [1.807, 2.05) is 12.1 Å². The minimum absolute atomic E-state index is 0.272. The Morgan fingerprint density at radius 3 is 2.67 bits per heavy atom. The van der Waals surface area contributed by atoms with Crippen LogP contribution in [0.4, 0.5) is 0 Å². The van der Waals surface area contributed by atoms with E-state index in [-0.39, 0.29) is 6.04 Å². The largest absolute Gasteiger partial charge is 0.469 e. The van der Waals surface area contributed by atoms with Crippen molar-refractivity contribution in [3.63, 3.8) is 0 Å². The third kappa shape index (κ3) is 3.36. The molecular formula is C18H18BrNO. The molecule has 0 fully saturated rings. The molecule has 1 unspecified atom stereocenters. The van der Waals surface area contributed by atoms with E-state index < -0.39 is 0 Å². The second-order valence-corrected chi connectivity index (χ2v) is 6.06. The number of furan rings is 1. The van der Waals surface area contributed by atoms with Crippen molar-refractivity contribution in [3.8, 4) is 0 Å². The van der Waals surface area contributed by atoms with Gasteiger partial charge in [0, 0.05) is 16.9 Å². The van der Waals surface area contributed by atoms with Crippen LogP contribution in [-0.2, 0) is 6.42 Å². The standard InChI is InChI=1S/C18H18BrNO/c1-2-20-18(12-17-4-3-9-21-17)15-6-5-14-11-16(19)8-7-13(14)10-15/h3-11,18,20H,2,12H2,1H3. The third-order valence-electron chi connectivity index (χ3n) is 3.66. The second kappa shape index (κ2) is 6.46. The first-order chi connectivity index (χ1) is 10.3. The van der Waals surface area contributed by atoms with Crippen LogP contribution in [0.2, 0.25) is 0 Å². The molecule has 108 valence electrons. The Labute approximate surface area is 133 Å². The molecule has 0 saturated heterocycles. The molecule has 3 aromatic rings. The molecule has 1 atom stereocenters. The van der Waals surface area contributed by atoms with Crippen molar-refractivity contribution in [1.29, 1.82) is 0 Å². The van der Waals surface area contributed by atoms with Crippen molar-refractivity contribution in [2.75, 3.05) is 6.54 Å². The monoisotopic (exact) mass is 343 g/mol. The molecule has 0 amide bonds. The average molecular weight is 344 g/mol. The van der Waals surface area contributed by atoms with Crippen molar-refractivity contribution in [2.24, 2.45) is 0 Å². The van der Waals surface area contributed by atoms with Crippen molar-refractivity contribution in [3.05, 3.63) is 70.6 Å². The highest BCUT2D eigenvalue weighted by atomic mass is 79.9. The van der Waals surface area contributed by atoms with Gasteiger partial charge in [-0.25, -0.2) is 0 Å². The lowest BCUT2D eigenvalue weighted by Gasteiger charge is -2.18. The molecule has 2 nitrogen and oxygen atoms in total. The van der Waals surface area contributed by atoms with Gasteiger partial charge in [-0.3, -0.25) is 0 Å². The van der Waals surface area contributed by atoms with E-state index in [0.717, 1.165) is 23.2 Å². The molecule has 21 heavy (non-hydrogen) atoms. The van der Waals surface area contributed by atoms with Gasteiger partial charge < -0.3 is 9.73 Å². The maximum Gasteiger partial charge on any atom is 0.105 e. The average Bonchev–Trinajstić information content (AvgIpc) is 2.99. The zero-order valence-corrected chi connectivity index (χ0v) is 13.6. The first-order valence-corrected chi connectivity index (χ1v) is 8.00. The summed E-state index contributed by atoms with van der Waals surface area (Å²) in [5.41, 5.74) is 1.29. The van der Waals surface area contributed by atoms with E-state index in [9.17, 15) is 0 Å². The SMILES string of the molecule is CCNC(Cc1ccco1)c1ccc2cc(Br)ccc2c1. The van der Waals surface area contributed by atoms with E-state index in [0.29, 0.717) is 0 Å². The van der Waals surface area contributed by atoms with Crippen molar-refractivity contribution in [2.45, 2.75) is 19.4 Å². The van der Waals surface area contributed by atoms with Crippen molar-refractivity contribution in [1.82, 2.24) is 5.32 Å². The summed E-state index contributed by atoms with van der Waals surface area (Å²) in [5.74, 6) is 1.01. The number of halogens is 1. The first kappa shape index (κ1) is 14.4. The zero-order chi connectivity index (χ0) is 14.7. The summed E-state index contributed by atoms with van der Waals surface area (Å²) in [6.07, 6.45) is 2.60. The lowest BCUT2D eigenvalue weighted by molar-refractivity contribution is 0.455. The van der Waals surface area contributed by atoms with Gasteiger partial charge in [0.05, 0.1) is 6.26 Å². The summed E-state index contributed by atoms with van der Waals surface area (Å²) in [7, 11) is 0. The number of rotatable bonds is 5. The predicted molar refractivity (Wildman–Crippen MR) is 90.5 cm³/mol. The van der Waals surface area contributed by atoms with Crippen LogP contribution >= 0.6 is 15.9 Å². The molecule has 0 spiro atoms. The molecule has 3 heteroatoms. The highest BCUT2D eigenvalue weighted by Crippen LogP contribution is 2.25. The van der Waals surface area contributed by atoms with Crippen LogP contribution in [0.1, 0.15) is 24.3 Å². The van der Waals surface area contributed by atoms with Gasteiger partial charge in [0.15, 0.2) is 0 Å². The summed E-state index contributed by atoms with van der Waals surface area (Å²) < 4.78 is 6.60. The molecule has 0 bridgehead atoms. The fraction of sp³-hybridized carbons (Fsp3) is 0.222. The second-order valence-electron chi connectivity index (χ2n) is 5.14. The highest BCUT2D eigenvalue weighted by Gasteiger charge is 2.13. The Balaban J connectivity index is 1.92. The fourth-order valence-electron chi connectivity index (χ4n) is 2.64. The van der Waals surface area contributed by atoms with E-state index in [4.69, 9.17) is 4.42 Å². The van der Waals surface area contributed by atoms with Crippen molar-refractivity contribution >= 4 is 26.7 Å². The van der Waals surface area contributed by atoms with Gasteiger partial charge in [0.1, 0.15) is 5.76 Å². The summed E-state index contributed by atoms with van der Waals surface area (Å²) in [5, 5.41) is 6.06. The first-order valence-electron chi connectivity index (χ1n) is 7.21. The topological polar surface area (TPSA) is 25.2 Å². The van der Waals surface area contributed by atoms with Crippen LogP contribution in [-0.4, -0.2) is 6.54 Å². The molecule has 0 aliphatic carbocycles. The maximum atomic E-state index is 5.49. The van der Waals surface area contributed by atoms with Crippen LogP contribution in [0.25, 0.3) is 10.8 Å². The van der Waals surface area contributed by atoms with Crippen LogP contribution in [0.5, 0.6) is 0 Å². The Morgan fingerprint density at radius 2 is 1.90 bits per heavy atom. The summed E-state index contributed by atoms with van der Waals surface area (Å²) >= 11 is 3.52. The molecule has 1 N–H and O–H groups in total. The van der Waals surface area contributed by atoms with Crippen LogP contribution in [0, 0.1) is 0 Å². The minimum Gasteiger partial charge on any atom is -0.469 e. The summed E-state index contributed by atoms with van der Waals surface area (Å²) in [4.78, 5) is 0. The van der Waals surface area contributed by atoms with Crippen LogP contribution in [0.3, 0.4) is 0 Å². The van der Waals surface area contributed by atoms with E-state index in [1.165, 1.54) is 16.3 Å². The normalized spacial score (nSPS) is 12.7. The lowest BCUT2D eigenvalue weighted by atomic mass is 9.99. The van der Waals surface area contributed by atoms with Gasteiger partial charge in [-0.2, -0.15) is 0 Å².